The monoisotopic (exact) mass is 297 g/mol. The molecule has 3 N–H and O–H groups in total. The van der Waals surface area contributed by atoms with Crippen LogP contribution in [0.2, 0.25) is 5.02 Å². The molecule has 0 amide bonds. The molecule has 0 spiro atoms. The van der Waals surface area contributed by atoms with Gasteiger partial charge < -0.3 is 20.6 Å². The minimum absolute atomic E-state index is 0.0228. The van der Waals surface area contributed by atoms with Crippen molar-refractivity contribution in [3.63, 3.8) is 0 Å². The van der Waals surface area contributed by atoms with E-state index in [2.05, 4.69) is 17.1 Å². The summed E-state index contributed by atoms with van der Waals surface area (Å²) in [6, 6.07) is 5.63. The molecule has 1 unspecified atom stereocenters. The van der Waals surface area contributed by atoms with Gasteiger partial charge in [-0.05, 0) is 51.1 Å². The third-order valence-electron chi connectivity index (χ3n) is 3.71. The molecule has 110 valence electrons. The highest BCUT2D eigenvalue weighted by Gasteiger charge is 2.20. The van der Waals surface area contributed by atoms with Gasteiger partial charge in [-0.1, -0.05) is 16.8 Å². The summed E-state index contributed by atoms with van der Waals surface area (Å²) in [5.41, 5.74) is 6.18. The van der Waals surface area contributed by atoms with Gasteiger partial charge in [-0.25, -0.2) is 0 Å². The van der Waals surface area contributed by atoms with Crippen LogP contribution in [0.15, 0.2) is 23.4 Å². The Morgan fingerprint density at radius 2 is 2.40 bits per heavy atom. The van der Waals surface area contributed by atoms with Crippen molar-refractivity contribution in [1.29, 1.82) is 0 Å². The average Bonchev–Trinajstić information content (AvgIpc) is 2.84. The van der Waals surface area contributed by atoms with Gasteiger partial charge >= 0.3 is 0 Å². The number of oxime groups is 1. The van der Waals surface area contributed by atoms with Gasteiger partial charge in [-0.15, -0.1) is 0 Å². The van der Waals surface area contributed by atoms with E-state index in [1.54, 1.807) is 18.2 Å². The number of nitrogens with two attached hydrogens (primary N) is 1. The predicted octanol–water partition coefficient (Wildman–Crippen LogP) is 2.30. The predicted molar refractivity (Wildman–Crippen MR) is 79.7 cm³/mol. The number of likely N-dealkylation sites (tertiary alicyclic amines) is 1. The van der Waals surface area contributed by atoms with Crippen LogP contribution in [-0.4, -0.2) is 42.2 Å². The fourth-order valence-corrected chi connectivity index (χ4v) is 2.69. The fourth-order valence-electron chi connectivity index (χ4n) is 2.53. The van der Waals surface area contributed by atoms with Crippen molar-refractivity contribution in [3.8, 4) is 5.75 Å². The molecule has 1 saturated heterocycles. The molecule has 0 aliphatic carbocycles. The van der Waals surface area contributed by atoms with Crippen molar-refractivity contribution in [2.75, 3.05) is 20.2 Å². The lowest BCUT2D eigenvalue weighted by molar-refractivity contribution is 0.233. The zero-order valence-electron chi connectivity index (χ0n) is 11.6. The molecule has 1 aliphatic rings. The van der Waals surface area contributed by atoms with Crippen LogP contribution in [0, 0.1) is 0 Å². The first-order chi connectivity index (χ1) is 9.61. The summed E-state index contributed by atoms with van der Waals surface area (Å²) in [4.78, 5) is 2.35. The van der Waals surface area contributed by atoms with E-state index in [0.717, 1.165) is 13.0 Å². The zero-order valence-corrected chi connectivity index (χ0v) is 12.3. The lowest BCUT2D eigenvalue weighted by atomic mass is 10.1. The second kappa shape index (κ2) is 6.81. The molecule has 5 nitrogen and oxygen atoms in total. The van der Waals surface area contributed by atoms with E-state index in [4.69, 9.17) is 27.3 Å². The average molecular weight is 298 g/mol. The highest BCUT2D eigenvalue weighted by Crippen LogP contribution is 2.24. The van der Waals surface area contributed by atoms with E-state index in [1.807, 2.05) is 0 Å². The molecule has 6 heteroatoms. The van der Waals surface area contributed by atoms with Gasteiger partial charge in [0, 0.05) is 11.1 Å². The van der Waals surface area contributed by atoms with Crippen molar-refractivity contribution in [2.24, 2.45) is 10.9 Å². The standard InChI is InChI=1S/C14H20ClN3O2/c1-18-7-2-3-11(18)6-8-20-13-9-10(15)4-5-12(13)14(16)17-19/h4-5,9,11,19H,2-3,6-8H2,1H3,(H2,16,17). The molecule has 1 aromatic carbocycles. The number of nitrogens with zero attached hydrogens (tertiary/aromatic N) is 2. The topological polar surface area (TPSA) is 71.1 Å². The third-order valence-corrected chi connectivity index (χ3v) is 3.94. The molecule has 0 aromatic heterocycles. The molecule has 1 fully saturated rings. The maximum Gasteiger partial charge on any atom is 0.173 e. The van der Waals surface area contributed by atoms with Crippen LogP contribution in [0.5, 0.6) is 5.75 Å². The molecule has 1 atom stereocenters. The maximum atomic E-state index is 8.78. The number of benzene rings is 1. The number of hydrogen-bond donors (Lipinski definition) is 2. The van der Waals surface area contributed by atoms with E-state index < -0.39 is 0 Å². The lowest BCUT2D eigenvalue weighted by Gasteiger charge is -2.19. The van der Waals surface area contributed by atoms with Crippen LogP contribution in [0.1, 0.15) is 24.8 Å². The van der Waals surface area contributed by atoms with E-state index in [-0.39, 0.29) is 5.84 Å². The van der Waals surface area contributed by atoms with Gasteiger partial charge in [-0.3, -0.25) is 0 Å². The maximum absolute atomic E-state index is 8.78. The first-order valence-electron chi connectivity index (χ1n) is 6.72. The Kier molecular flexibility index (Phi) is 5.09. The molecule has 2 rings (SSSR count). The molecule has 1 aliphatic heterocycles. The summed E-state index contributed by atoms with van der Waals surface area (Å²) in [7, 11) is 2.14. The van der Waals surface area contributed by atoms with Gasteiger partial charge in [0.15, 0.2) is 5.84 Å². The Morgan fingerprint density at radius 3 is 3.05 bits per heavy atom. The summed E-state index contributed by atoms with van der Waals surface area (Å²) >= 11 is 5.96. The lowest BCUT2D eigenvalue weighted by Crippen LogP contribution is -2.26. The van der Waals surface area contributed by atoms with E-state index in [9.17, 15) is 0 Å². The van der Waals surface area contributed by atoms with E-state index in [0.29, 0.717) is 29.0 Å². The summed E-state index contributed by atoms with van der Waals surface area (Å²) in [6.45, 7) is 1.73. The van der Waals surface area contributed by atoms with Crippen LogP contribution in [0.3, 0.4) is 0 Å². The summed E-state index contributed by atoms with van der Waals surface area (Å²) in [5, 5.41) is 12.4. The third kappa shape index (κ3) is 3.55. The molecular weight excluding hydrogens is 278 g/mol. The highest BCUT2D eigenvalue weighted by molar-refractivity contribution is 6.30. The number of amidine groups is 1. The minimum atomic E-state index is 0.0228. The summed E-state index contributed by atoms with van der Waals surface area (Å²) in [6.07, 6.45) is 3.41. The van der Waals surface area contributed by atoms with Crippen LogP contribution in [-0.2, 0) is 0 Å². The minimum Gasteiger partial charge on any atom is -0.493 e. The second-order valence-corrected chi connectivity index (χ2v) is 5.48. The molecule has 0 saturated carbocycles. The fraction of sp³-hybridized carbons (Fsp3) is 0.500. The second-order valence-electron chi connectivity index (χ2n) is 5.04. The molecule has 0 radical (unpaired) electrons. The first-order valence-corrected chi connectivity index (χ1v) is 7.10. The molecule has 20 heavy (non-hydrogen) atoms. The van der Waals surface area contributed by atoms with Gasteiger partial charge in [0.2, 0.25) is 0 Å². The zero-order chi connectivity index (χ0) is 14.5. The van der Waals surface area contributed by atoms with Crippen LogP contribution in [0.4, 0.5) is 0 Å². The number of rotatable bonds is 5. The number of ether oxygens (including phenoxy) is 1. The van der Waals surface area contributed by atoms with Gasteiger partial charge in [0.1, 0.15) is 5.75 Å². The number of halogens is 1. The molecule has 1 heterocycles. The highest BCUT2D eigenvalue weighted by atomic mass is 35.5. The largest absolute Gasteiger partial charge is 0.493 e. The van der Waals surface area contributed by atoms with Crippen molar-refractivity contribution in [3.05, 3.63) is 28.8 Å². The Bertz CT molecular complexity index is 493. The summed E-state index contributed by atoms with van der Waals surface area (Å²) in [5.74, 6) is 0.572. The molecule has 1 aromatic rings. The van der Waals surface area contributed by atoms with Crippen molar-refractivity contribution in [1.82, 2.24) is 4.90 Å². The van der Waals surface area contributed by atoms with Crippen molar-refractivity contribution in [2.45, 2.75) is 25.3 Å². The summed E-state index contributed by atoms with van der Waals surface area (Å²) < 4.78 is 5.77. The van der Waals surface area contributed by atoms with Crippen molar-refractivity contribution < 1.29 is 9.94 Å². The van der Waals surface area contributed by atoms with Crippen LogP contribution in [0.25, 0.3) is 0 Å². The molecule has 0 bridgehead atoms. The quantitative estimate of drug-likeness (QED) is 0.379. The van der Waals surface area contributed by atoms with E-state index in [1.165, 1.54) is 12.8 Å². The van der Waals surface area contributed by atoms with Gasteiger partial charge in [-0.2, -0.15) is 0 Å². The Hall–Kier alpha value is -1.46. The number of hydrogen-bond acceptors (Lipinski definition) is 4. The van der Waals surface area contributed by atoms with Crippen LogP contribution < -0.4 is 10.5 Å². The smallest absolute Gasteiger partial charge is 0.173 e. The Labute approximate surface area is 124 Å². The Balaban J connectivity index is 1.99. The van der Waals surface area contributed by atoms with Crippen molar-refractivity contribution >= 4 is 17.4 Å². The first kappa shape index (κ1) is 14.9. The van der Waals surface area contributed by atoms with Crippen LogP contribution >= 0.6 is 11.6 Å². The normalized spacial score (nSPS) is 20.3. The van der Waals surface area contributed by atoms with E-state index >= 15 is 0 Å². The molecular formula is C14H20ClN3O2. The van der Waals surface area contributed by atoms with Gasteiger partial charge in [0.25, 0.3) is 0 Å². The Morgan fingerprint density at radius 1 is 1.60 bits per heavy atom. The SMILES string of the molecule is CN1CCCC1CCOc1cc(Cl)ccc1C(N)=NO. The van der Waals surface area contributed by atoms with Gasteiger partial charge in [0.05, 0.1) is 12.2 Å².